The van der Waals surface area contributed by atoms with Crippen molar-refractivity contribution in [3.63, 3.8) is 0 Å². The number of aliphatic hydroxyl groups excluding tert-OH is 1. The van der Waals surface area contributed by atoms with Crippen LogP contribution in [0.1, 0.15) is 23.7 Å². The van der Waals surface area contributed by atoms with Crippen molar-refractivity contribution >= 4 is 0 Å². The van der Waals surface area contributed by atoms with Crippen LogP contribution in [0.2, 0.25) is 0 Å². The number of aryl methyl sites for hydroxylation is 1. The molecule has 0 saturated carbocycles. The summed E-state index contributed by atoms with van der Waals surface area (Å²) in [5, 5.41) is 9.65. The Hall–Kier alpha value is -2.00. The normalized spacial score (nSPS) is 16.6. The molecule has 1 unspecified atom stereocenters. The highest BCUT2D eigenvalue weighted by atomic mass is 16.5. The maximum Gasteiger partial charge on any atom is 0.129 e. The molecule has 0 saturated heterocycles. The molecule has 2 aromatic rings. The minimum absolute atomic E-state index is 0.340. The maximum atomic E-state index is 9.65. The third-order valence-corrected chi connectivity index (χ3v) is 3.46. The van der Waals surface area contributed by atoms with Crippen LogP contribution < -0.4 is 9.47 Å². The summed E-state index contributed by atoms with van der Waals surface area (Å²) in [6.45, 7) is 1.02. The highest BCUT2D eigenvalue weighted by Crippen LogP contribution is 2.35. The second-order valence-corrected chi connectivity index (χ2v) is 4.96. The molecule has 0 aromatic heterocycles. The van der Waals surface area contributed by atoms with Crippen molar-refractivity contribution in [1.82, 2.24) is 0 Å². The molecule has 104 valence electrons. The van der Waals surface area contributed by atoms with Crippen LogP contribution in [-0.4, -0.2) is 18.3 Å². The third kappa shape index (κ3) is 2.94. The van der Waals surface area contributed by atoms with Gasteiger partial charge in [0.05, 0.1) is 6.61 Å². The van der Waals surface area contributed by atoms with E-state index >= 15 is 0 Å². The van der Waals surface area contributed by atoms with Gasteiger partial charge in [0.25, 0.3) is 0 Å². The Morgan fingerprint density at radius 3 is 2.85 bits per heavy atom. The Balaban J connectivity index is 1.50. The van der Waals surface area contributed by atoms with E-state index in [-0.39, 0.29) is 0 Å². The fourth-order valence-corrected chi connectivity index (χ4v) is 2.37. The third-order valence-electron chi connectivity index (χ3n) is 3.46. The van der Waals surface area contributed by atoms with Crippen LogP contribution in [0, 0.1) is 0 Å². The topological polar surface area (TPSA) is 38.7 Å². The number of benzene rings is 2. The van der Waals surface area contributed by atoms with Crippen LogP contribution in [0.5, 0.6) is 11.5 Å². The highest BCUT2D eigenvalue weighted by Gasteiger charge is 2.21. The monoisotopic (exact) mass is 270 g/mol. The predicted octanol–water partition coefficient (Wildman–Crippen LogP) is 3.12. The van der Waals surface area contributed by atoms with E-state index in [1.54, 1.807) is 0 Å². The zero-order valence-corrected chi connectivity index (χ0v) is 11.3. The lowest BCUT2D eigenvalue weighted by Crippen LogP contribution is -1.99. The molecule has 0 bridgehead atoms. The van der Waals surface area contributed by atoms with Gasteiger partial charge in [-0.25, -0.2) is 0 Å². The van der Waals surface area contributed by atoms with E-state index in [0.717, 1.165) is 29.9 Å². The number of rotatable bonds is 5. The van der Waals surface area contributed by atoms with Crippen molar-refractivity contribution in [3.05, 3.63) is 59.7 Å². The lowest BCUT2D eigenvalue weighted by Gasteiger charge is -2.08. The molecule has 1 N–H and O–H groups in total. The Morgan fingerprint density at radius 1 is 1.15 bits per heavy atom. The summed E-state index contributed by atoms with van der Waals surface area (Å²) in [4.78, 5) is 0. The summed E-state index contributed by atoms with van der Waals surface area (Å²) >= 11 is 0. The van der Waals surface area contributed by atoms with Crippen molar-refractivity contribution in [2.75, 3.05) is 13.2 Å². The van der Waals surface area contributed by atoms with Gasteiger partial charge >= 0.3 is 0 Å². The standard InChI is InChI=1S/C17H18O3/c18-16-12-20-17-11-14(8-9-15(16)17)19-10-4-7-13-5-2-1-3-6-13/h1-3,5-6,8-9,11,16,18H,4,7,10,12H2. The van der Waals surface area contributed by atoms with Gasteiger partial charge < -0.3 is 14.6 Å². The second kappa shape index (κ2) is 5.97. The summed E-state index contributed by atoms with van der Waals surface area (Å²) in [7, 11) is 0. The van der Waals surface area contributed by atoms with E-state index < -0.39 is 6.10 Å². The molecule has 20 heavy (non-hydrogen) atoms. The number of aliphatic hydroxyl groups is 1. The van der Waals surface area contributed by atoms with Crippen molar-refractivity contribution in [3.8, 4) is 11.5 Å². The molecular formula is C17H18O3. The first kappa shape index (κ1) is 13.0. The van der Waals surface area contributed by atoms with Gasteiger partial charge in [0.1, 0.15) is 24.2 Å². The largest absolute Gasteiger partial charge is 0.493 e. The van der Waals surface area contributed by atoms with Crippen LogP contribution in [0.3, 0.4) is 0 Å². The van der Waals surface area contributed by atoms with Crippen molar-refractivity contribution in [2.45, 2.75) is 18.9 Å². The van der Waals surface area contributed by atoms with Gasteiger partial charge in [0.15, 0.2) is 0 Å². The Bertz CT molecular complexity index is 566. The van der Waals surface area contributed by atoms with Crippen LogP contribution in [0.4, 0.5) is 0 Å². The maximum absolute atomic E-state index is 9.65. The van der Waals surface area contributed by atoms with E-state index in [9.17, 15) is 5.11 Å². The quantitative estimate of drug-likeness (QED) is 0.848. The minimum atomic E-state index is -0.503. The van der Waals surface area contributed by atoms with Gasteiger partial charge in [-0.1, -0.05) is 30.3 Å². The number of hydrogen-bond acceptors (Lipinski definition) is 3. The molecule has 0 fully saturated rings. The molecule has 1 heterocycles. The molecule has 0 spiro atoms. The first-order chi connectivity index (χ1) is 9.83. The molecule has 1 atom stereocenters. The summed E-state index contributed by atoms with van der Waals surface area (Å²) in [6, 6.07) is 16.0. The van der Waals surface area contributed by atoms with Gasteiger partial charge in [0.2, 0.25) is 0 Å². The number of ether oxygens (including phenoxy) is 2. The van der Waals surface area contributed by atoms with E-state index in [0.29, 0.717) is 13.2 Å². The fourth-order valence-electron chi connectivity index (χ4n) is 2.37. The van der Waals surface area contributed by atoms with Gasteiger partial charge in [-0.3, -0.25) is 0 Å². The summed E-state index contributed by atoms with van der Waals surface area (Å²) < 4.78 is 11.1. The summed E-state index contributed by atoms with van der Waals surface area (Å²) in [6.07, 6.45) is 1.49. The smallest absolute Gasteiger partial charge is 0.129 e. The average Bonchev–Trinajstić information content (AvgIpc) is 2.86. The highest BCUT2D eigenvalue weighted by molar-refractivity contribution is 5.44. The van der Waals surface area contributed by atoms with Crippen LogP contribution in [0.15, 0.2) is 48.5 Å². The SMILES string of the molecule is OC1COc2cc(OCCCc3ccccc3)ccc21. The van der Waals surface area contributed by atoms with Gasteiger partial charge in [-0.05, 0) is 30.5 Å². The van der Waals surface area contributed by atoms with Crippen molar-refractivity contribution < 1.29 is 14.6 Å². The summed E-state index contributed by atoms with van der Waals surface area (Å²) in [5.41, 5.74) is 2.18. The Morgan fingerprint density at radius 2 is 2.00 bits per heavy atom. The van der Waals surface area contributed by atoms with Gasteiger partial charge in [-0.15, -0.1) is 0 Å². The van der Waals surface area contributed by atoms with E-state index in [2.05, 4.69) is 24.3 Å². The first-order valence-corrected chi connectivity index (χ1v) is 6.94. The van der Waals surface area contributed by atoms with Crippen LogP contribution >= 0.6 is 0 Å². The predicted molar refractivity (Wildman–Crippen MR) is 77.2 cm³/mol. The van der Waals surface area contributed by atoms with Crippen LogP contribution in [-0.2, 0) is 6.42 Å². The average molecular weight is 270 g/mol. The van der Waals surface area contributed by atoms with Crippen molar-refractivity contribution in [1.29, 1.82) is 0 Å². The van der Waals surface area contributed by atoms with E-state index in [1.807, 2.05) is 24.3 Å². The van der Waals surface area contributed by atoms with Crippen molar-refractivity contribution in [2.24, 2.45) is 0 Å². The molecule has 2 aromatic carbocycles. The zero-order chi connectivity index (χ0) is 13.8. The Kier molecular flexibility index (Phi) is 3.88. The molecule has 3 heteroatoms. The fraction of sp³-hybridized carbons (Fsp3) is 0.294. The molecule has 3 nitrogen and oxygen atoms in total. The molecular weight excluding hydrogens is 252 g/mol. The minimum Gasteiger partial charge on any atom is -0.493 e. The first-order valence-electron chi connectivity index (χ1n) is 6.94. The second-order valence-electron chi connectivity index (χ2n) is 4.96. The molecule has 1 aliphatic heterocycles. The molecule has 0 radical (unpaired) electrons. The summed E-state index contributed by atoms with van der Waals surface area (Å²) in [5.74, 6) is 1.53. The van der Waals surface area contributed by atoms with E-state index in [1.165, 1.54) is 5.56 Å². The van der Waals surface area contributed by atoms with Gasteiger partial charge in [0, 0.05) is 11.6 Å². The molecule has 1 aliphatic rings. The lowest BCUT2D eigenvalue weighted by atomic mass is 10.1. The molecule has 0 amide bonds. The van der Waals surface area contributed by atoms with Gasteiger partial charge in [-0.2, -0.15) is 0 Å². The van der Waals surface area contributed by atoms with Crippen LogP contribution in [0.25, 0.3) is 0 Å². The molecule has 3 rings (SSSR count). The van der Waals surface area contributed by atoms with E-state index in [4.69, 9.17) is 9.47 Å². The lowest BCUT2D eigenvalue weighted by molar-refractivity contribution is 0.140. The zero-order valence-electron chi connectivity index (χ0n) is 11.3. The molecule has 0 aliphatic carbocycles. The number of hydrogen-bond donors (Lipinski definition) is 1. The Labute approximate surface area is 118 Å². The number of fused-ring (bicyclic) bond motifs is 1.